The largest absolute Gasteiger partial charge is 0.386 e. The number of aromatic nitrogens is 2. The molecule has 0 aliphatic carbocycles. The highest BCUT2D eigenvalue weighted by Crippen LogP contribution is 2.26. The summed E-state index contributed by atoms with van der Waals surface area (Å²) in [6.07, 6.45) is -1.02. The Morgan fingerprint density at radius 1 is 1.19 bits per heavy atom. The molecule has 2 aromatic carbocycles. The van der Waals surface area contributed by atoms with Gasteiger partial charge in [0.15, 0.2) is 0 Å². The van der Waals surface area contributed by atoms with Crippen LogP contribution in [0.4, 0.5) is 8.78 Å². The van der Waals surface area contributed by atoms with Crippen LogP contribution in [0.1, 0.15) is 17.4 Å². The topological polar surface area (TPSA) is 38.0 Å². The average molecular weight is 288 g/mol. The molecule has 0 radical (unpaired) electrons. The zero-order chi connectivity index (χ0) is 15.0. The molecule has 3 rings (SSSR count). The average Bonchev–Trinajstić information content (AvgIpc) is 2.81. The molecule has 0 bridgehead atoms. The number of hydrogen-bond donors (Lipinski definition) is 1. The first-order valence-corrected chi connectivity index (χ1v) is 6.60. The Bertz CT molecular complexity index is 798. The summed E-state index contributed by atoms with van der Waals surface area (Å²) in [5, 5.41) is 15.4. The Balaban J connectivity index is 1.97. The Morgan fingerprint density at radius 3 is 2.76 bits per heavy atom. The van der Waals surface area contributed by atoms with Crippen LogP contribution in [0.2, 0.25) is 0 Å². The lowest BCUT2D eigenvalue weighted by molar-refractivity contribution is 0.172. The number of halogens is 2. The third-order valence-corrected chi connectivity index (χ3v) is 3.52. The van der Waals surface area contributed by atoms with Crippen molar-refractivity contribution in [3.8, 4) is 0 Å². The van der Waals surface area contributed by atoms with Crippen LogP contribution in [-0.2, 0) is 13.5 Å². The fraction of sp³-hybridized carbons (Fsp3) is 0.188. The van der Waals surface area contributed by atoms with E-state index in [0.29, 0.717) is 5.69 Å². The number of para-hydroxylation sites is 1. The number of fused-ring (bicyclic) bond motifs is 1. The lowest BCUT2D eigenvalue weighted by Crippen LogP contribution is -2.06. The molecule has 0 amide bonds. The van der Waals surface area contributed by atoms with Crippen molar-refractivity contribution in [2.75, 3.05) is 0 Å². The van der Waals surface area contributed by atoms with Crippen molar-refractivity contribution in [1.29, 1.82) is 0 Å². The van der Waals surface area contributed by atoms with E-state index in [4.69, 9.17) is 0 Å². The SMILES string of the molecule is Cn1nc(C(O)Cc2cc(F)ccc2F)c2ccccc21. The van der Waals surface area contributed by atoms with Crippen LogP contribution >= 0.6 is 0 Å². The molecule has 1 heterocycles. The van der Waals surface area contributed by atoms with E-state index in [9.17, 15) is 13.9 Å². The predicted octanol–water partition coefficient (Wildman–Crippen LogP) is 3.13. The maximum atomic E-state index is 13.7. The minimum atomic E-state index is -0.993. The molecule has 1 atom stereocenters. The Labute approximate surface area is 120 Å². The summed E-state index contributed by atoms with van der Waals surface area (Å²) < 4.78 is 28.5. The minimum absolute atomic E-state index is 0.0232. The molecule has 0 spiro atoms. The van der Waals surface area contributed by atoms with Crippen molar-refractivity contribution in [2.24, 2.45) is 7.05 Å². The predicted molar refractivity (Wildman–Crippen MR) is 75.7 cm³/mol. The van der Waals surface area contributed by atoms with E-state index in [2.05, 4.69) is 5.10 Å². The molecule has 3 nitrogen and oxygen atoms in total. The second-order valence-electron chi connectivity index (χ2n) is 4.98. The van der Waals surface area contributed by atoms with Gasteiger partial charge in [-0.3, -0.25) is 4.68 Å². The van der Waals surface area contributed by atoms with Gasteiger partial charge in [-0.2, -0.15) is 5.10 Å². The molecule has 0 saturated carbocycles. The second kappa shape index (κ2) is 5.26. The molecule has 0 aliphatic rings. The van der Waals surface area contributed by atoms with Crippen LogP contribution in [0.5, 0.6) is 0 Å². The summed E-state index contributed by atoms with van der Waals surface area (Å²) in [6, 6.07) is 10.7. The molecule has 108 valence electrons. The van der Waals surface area contributed by atoms with Gasteiger partial charge in [0.05, 0.1) is 11.2 Å². The summed E-state index contributed by atoms with van der Waals surface area (Å²) in [7, 11) is 1.78. The van der Waals surface area contributed by atoms with E-state index < -0.39 is 17.7 Å². The van der Waals surface area contributed by atoms with E-state index >= 15 is 0 Å². The molecule has 0 saturated heterocycles. The van der Waals surface area contributed by atoms with Crippen molar-refractivity contribution in [3.05, 3.63) is 65.4 Å². The molecule has 5 heteroatoms. The quantitative estimate of drug-likeness (QED) is 0.804. The standard InChI is InChI=1S/C16H14F2N2O/c1-20-14-5-3-2-4-12(14)16(19-20)15(21)9-10-8-11(17)6-7-13(10)18/h2-8,15,21H,9H2,1H3. The third-order valence-electron chi connectivity index (χ3n) is 3.52. The zero-order valence-electron chi connectivity index (χ0n) is 11.4. The molecule has 1 aromatic heterocycles. The number of rotatable bonds is 3. The lowest BCUT2D eigenvalue weighted by Gasteiger charge is -2.09. The van der Waals surface area contributed by atoms with Gasteiger partial charge in [-0.1, -0.05) is 18.2 Å². The number of hydrogen-bond acceptors (Lipinski definition) is 2. The van der Waals surface area contributed by atoms with Crippen molar-refractivity contribution in [1.82, 2.24) is 9.78 Å². The summed E-state index contributed by atoms with van der Waals surface area (Å²) in [5.74, 6) is -1.06. The summed E-state index contributed by atoms with van der Waals surface area (Å²) >= 11 is 0. The van der Waals surface area contributed by atoms with E-state index in [1.165, 1.54) is 0 Å². The first-order valence-electron chi connectivity index (χ1n) is 6.60. The first kappa shape index (κ1) is 13.7. The maximum absolute atomic E-state index is 13.7. The summed E-state index contributed by atoms with van der Waals surface area (Å²) in [6.45, 7) is 0. The maximum Gasteiger partial charge on any atom is 0.126 e. The zero-order valence-corrected chi connectivity index (χ0v) is 11.4. The van der Waals surface area contributed by atoms with Gasteiger partial charge in [0.25, 0.3) is 0 Å². The van der Waals surface area contributed by atoms with Crippen LogP contribution in [0, 0.1) is 11.6 Å². The number of aliphatic hydroxyl groups is 1. The molecule has 21 heavy (non-hydrogen) atoms. The molecule has 1 N–H and O–H groups in total. The fourth-order valence-corrected chi connectivity index (χ4v) is 2.49. The third kappa shape index (κ3) is 2.52. The first-order chi connectivity index (χ1) is 10.1. The highest BCUT2D eigenvalue weighted by Gasteiger charge is 2.18. The van der Waals surface area contributed by atoms with Gasteiger partial charge >= 0.3 is 0 Å². The number of aryl methyl sites for hydroxylation is 1. The van der Waals surface area contributed by atoms with Crippen LogP contribution in [0.15, 0.2) is 42.5 Å². The van der Waals surface area contributed by atoms with E-state index in [0.717, 1.165) is 29.1 Å². The normalized spacial score (nSPS) is 12.8. The van der Waals surface area contributed by atoms with Crippen LogP contribution in [-0.4, -0.2) is 14.9 Å². The molecular weight excluding hydrogens is 274 g/mol. The van der Waals surface area contributed by atoms with E-state index in [1.807, 2.05) is 24.3 Å². The monoisotopic (exact) mass is 288 g/mol. The Morgan fingerprint density at radius 2 is 1.95 bits per heavy atom. The van der Waals surface area contributed by atoms with Crippen LogP contribution in [0.3, 0.4) is 0 Å². The Kier molecular flexibility index (Phi) is 3.43. The van der Waals surface area contributed by atoms with E-state index in [1.54, 1.807) is 11.7 Å². The fourth-order valence-electron chi connectivity index (χ4n) is 2.49. The van der Waals surface area contributed by atoms with Gasteiger partial charge in [-0.05, 0) is 29.8 Å². The highest BCUT2D eigenvalue weighted by molar-refractivity contribution is 5.82. The number of nitrogens with zero attached hydrogens (tertiary/aromatic N) is 2. The molecule has 1 unspecified atom stereocenters. The summed E-state index contributed by atoms with van der Waals surface area (Å²) in [5.41, 5.74) is 1.49. The minimum Gasteiger partial charge on any atom is -0.386 e. The molecule has 0 fully saturated rings. The van der Waals surface area contributed by atoms with Gasteiger partial charge in [-0.25, -0.2) is 8.78 Å². The molecule has 0 aliphatic heterocycles. The lowest BCUT2D eigenvalue weighted by atomic mass is 10.0. The van der Waals surface area contributed by atoms with Crippen molar-refractivity contribution in [2.45, 2.75) is 12.5 Å². The number of benzene rings is 2. The van der Waals surface area contributed by atoms with Crippen molar-refractivity contribution in [3.63, 3.8) is 0 Å². The van der Waals surface area contributed by atoms with Gasteiger partial charge < -0.3 is 5.11 Å². The van der Waals surface area contributed by atoms with Crippen molar-refractivity contribution < 1.29 is 13.9 Å². The van der Waals surface area contributed by atoms with Gasteiger partial charge in [-0.15, -0.1) is 0 Å². The van der Waals surface area contributed by atoms with E-state index in [-0.39, 0.29) is 12.0 Å². The smallest absolute Gasteiger partial charge is 0.126 e. The van der Waals surface area contributed by atoms with Gasteiger partial charge in [0.1, 0.15) is 17.7 Å². The number of aliphatic hydroxyl groups excluding tert-OH is 1. The molecular formula is C16H14F2N2O. The van der Waals surface area contributed by atoms with Crippen LogP contribution in [0.25, 0.3) is 10.9 Å². The van der Waals surface area contributed by atoms with Crippen LogP contribution < -0.4 is 0 Å². The second-order valence-corrected chi connectivity index (χ2v) is 4.98. The van der Waals surface area contributed by atoms with Gasteiger partial charge in [0, 0.05) is 18.9 Å². The summed E-state index contributed by atoms with van der Waals surface area (Å²) in [4.78, 5) is 0. The van der Waals surface area contributed by atoms with Crippen molar-refractivity contribution >= 4 is 10.9 Å². The van der Waals surface area contributed by atoms with Gasteiger partial charge in [0.2, 0.25) is 0 Å². The highest BCUT2D eigenvalue weighted by atomic mass is 19.1. The molecule has 3 aromatic rings. The Hall–Kier alpha value is -2.27.